The Hall–Kier alpha value is -3.34. The molecule has 1 radical (unpaired) electrons. The van der Waals surface area contributed by atoms with E-state index >= 15 is 0 Å². The lowest BCUT2D eigenvalue weighted by Crippen LogP contribution is -2.54. The topological polar surface area (TPSA) is 44.8 Å². The molecule has 4 aromatic carbocycles. The lowest BCUT2D eigenvalue weighted by molar-refractivity contribution is -0.139. The molecule has 7 heteroatoms. The van der Waals surface area contributed by atoms with E-state index in [1.807, 2.05) is 24.3 Å². The highest BCUT2D eigenvalue weighted by molar-refractivity contribution is 6.88. The molecular weight excluding hydrogens is 533 g/mol. The summed E-state index contributed by atoms with van der Waals surface area (Å²) < 4.78 is 19.5. The lowest BCUT2D eigenvalue weighted by Gasteiger charge is -2.27. The summed E-state index contributed by atoms with van der Waals surface area (Å²) >= 11 is 0. The second-order valence-electron chi connectivity index (χ2n) is 9.38. The Bertz CT molecular complexity index is 1120. The van der Waals surface area contributed by atoms with Crippen molar-refractivity contribution in [3.63, 3.8) is 0 Å². The van der Waals surface area contributed by atoms with Crippen LogP contribution in [0.2, 0.25) is 6.04 Å². The molecule has 0 aliphatic carbocycles. The molecule has 0 aliphatic heterocycles. The van der Waals surface area contributed by atoms with Crippen molar-refractivity contribution < 1.29 is 17.8 Å². The van der Waals surface area contributed by atoms with E-state index in [-0.39, 0.29) is 5.97 Å². The van der Waals surface area contributed by atoms with Gasteiger partial charge in [0.25, 0.3) is 0 Å². The van der Waals surface area contributed by atoms with Gasteiger partial charge in [0.05, 0.1) is 6.61 Å². The summed E-state index contributed by atoms with van der Waals surface area (Å²) in [7, 11) is -5.68. The van der Waals surface area contributed by atoms with Gasteiger partial charge < -0.3 is 13.0 Å². The van der Waals surface area contributed by atoms with Crippen molar-refractivity contribution in [2.45, 2.75) is 25.8 Å². The fourth-order valence-electron chi connectivity index (χ4n) is 4.24. The van der Waals surface area contributed by atoms with Gasteiger partial charge in [0.2, 0.25) is 18.1 Å². The maximum atomic E-state index is 11.8. The molecule has 0 fully saturated rings. The van der Waals surface area contributed by atoms with Gasteiger partial charge in [-0.15, -0.1) is 0 Å². The number of hydrogen-bond donors (Lipinski definition) is 0. The van der Waals surface area contributed by atoms with Gasteiger partial charge in [-0.2, -0.15) is 0 Å². The van der Waals surface area contributed by atoms with Crippen LogP contribution in [0.4, 0.5) is 0 Å². The SMILES string of the molecule is C=C(C)C(=O)OCCCC[Si](O[SiH](c1ccccc1)c1ccccc1)O[SiH](c1ccccc1)c1ccccc1. The minimum absolute atomic E-state index is 0.339. The molecule has 0 aliphatic rings. The molecule has 0 spiro atoms. The first kappa shape index (κ1) is 28.7. The fourth-order valence-corrected chi connectivity index (χ4v) is 13.8. The van der Waals surface area contributed by atoms with E-state index in [4.69, 9.17) is 13.0 Å². The number of esters is 1. The van der Waals surface area contributed by atoms with Crippen molar-refractivity contribution in [2.75, 3.05) is 6.61 Å². The molecule has 4 aromatic rings. The maximum Gasteiger partial charge on any atom is 0.363 e. The zero-order chi connectivity index (χ0) is 27.3. The van der Waals surface area contributed by atoms with Crippen molar-refractivity contribution in [3.8, 4) is 0 Å². The largest absolute Gasteiger partial charge is 0.462 e. The van der Waals surface area contributed by atoms with Crippen LogP contribution in [0.3, 0.4) is 0 Å². The van der Waals surface area contributed by atoms with Gasteiger partial charge in [-0.05, 0) is 46.6 Å². The summed E-state index contributed by atoms with van der Waals surface area (Å²) in [6, 6.07) is 43.0. The Morgan fingerprint density at radius 2 is 1.00 bits per heavy atom. The molecular formula is C32H35O4Si3. The van der Waals surface area contributed by atoms with Gasteiger partial charge in [0.15, 0.2) is 0 Å². The predicted molar refractivity (Wildman–Crippen MR) is 166 cm³/mol. The van der Waals surface area contributed by atoms with Crippen LogP contribution in [0.1, 0.15) is 19.8 Å². The number of rotatable bonds is 14. The third-order valence-corrected chi connectivity index (χ3v) is 15.0. The Morgan fingerprint density at radius 1 is 0.641 bits per heavy atom. The third-order valence-electron chi connectivity index (χ3n) is 6.26. The van der Waals surface area contributed by atoms with Crippen LogP contribution < -0.4 is 20.7 Å². The van der Waals surface area contributed by atoms with Crippen molar-refractivity contribution >= 4 is 54.1 Å². The van der Waals surface area contributed by atoms with Crippen LogP contribution in [0.25, 0.3) is 0 Å². The summed E-state index contributed by atoms with van der Waals surface area (Å²) in [5.41, 5.74) is 0.422. The van der Waals surface area contributed by atoms with E-state index in [0.29, 0.717) is 12.2 Å². The molecule has 39 heavy (non-hydrogen) atoms. The summed E-state index contributed by atoms with van der Waals surface area (Å²) in [6.45, 7) is 5.70. The predicted octanol–water partition coefficient (Wildman–Crippen LogP) is 3.48. The second-order valence-corrected chi connectivity index (χ2v) is 16.7. The highest BCUT2D eigenvalue weighted by atomic mass is 28.4. The van der Waals surface area contributed by atoms with Crippen LogP contribution >= 0.6 is 0 Å². The number of benzene rings is 4. The first-order valence-corrected chi connectivity index (χ1v) is 18.1. The Morgan fingerprint density at radius 3 is 1.33 bits per heavy atom. The van der Waals surface area contributed by atoms with Crippen LogP contribution in [-0.2, 0) is 17.8 Å². The minimum atomic E-state index is -2.00. The lowest BCUT2D eigenvalue weighted by atomic mass is 10.3. The number of carbonyl (C=O) groups is 1. The normalized spacial score (nSPS) is 11.2. The molecule has 199 valence electrons. The zero-order valence-corrected chi connectivity index (χ0v) is 25.7. The molecule has 0 saturated carbocycles. The first-order chi connectivity index (χ1) is 19.1. The molecule has 0 heterocycles. The Labute approximate surface area is 237 Å². The van der Waals surface area contributed by atoms with Crippen LogP contribution in [0, 0.1) is 0 Å². The van der Waals surface area contributed by atoms with Gasteiger partial charge >= 0.3 is 15.3 Å². The molecule has 0 saturated heterocycles. The quantitative estimate of drug-likeness (QED) is 0.101. The monoisotopic (exact) mass is 567 g/mol. The summed E-state index contributed by atoms with van der Waals surface area (Å²) in [6.07, 6.45) is 1.61. The Balaban J connectivity index is 1.59. The molecule has 0 amide bonds. The maximum absolute atomic E-state index is 11.8. The molecule has 0 N–H and O–H groups in total. The van der Waals surface area contributed by atoms with Crippen LogP contribution in [0.15, 0.2) is 133 Å². The second kappa shape index (κ2) is 15.3. The van der Waals surface area contributed by atoms with Crippen LogP contribution in [0.5, 0.6) is 0 Å². The standard InChI is InChI=1S/C32H35O4Si3/c1-27(2)32(33)34-25-15-16-26-37(35-38(28-17-7-3-8-18-28)29-19-9-4-10-20-29)36-39(30-21-11-5-12-22-30)31-23-13-6-14-24-31/h3-14,17-24,38-39H,1,15-16,25-26H2,2H3. The van der Waals surface area contributed by atoms with Gasteiger partial charge in [-0.3, -0.25) is 0 Å². The first-order valence-electron chi connectivity index (χ1n) is 13.3. The van der Waals surface area contributed by atoms with Gasteiger partial charge in [0, 0.05) is 5.57 Å². The summed E-state index contributed by atoms with van der Waals surface area (Å²) in [5.74, 6) is -0.339. The average molecular weight is 568 g/mol. The molecule has 0 unspecified atom stereocenters. The molecule has 0 aromatic heterocycles. The van der Waals surface area contributed by atoms with E-state index in [1.54, 1.807) is 6.92 Å². The molecule has 4 rings (SSSR count). The summed E-state index contributed by atoms with van der Waals surface area (Å²) in [5, 5.41) is 4.95. The number of ether oxygens (including phenoxy) is 1. The van der Waals surface area contributed by atoms with Gasteiger partial charge in [-0.1, -0.05) is 128 Å². The van der Waals surface area contributed by atoms with E-state index in [2.05, 4.69) is 104 Å². The minimum Gasteiger partial charge on any atom is -0.462 e. The number of carbonyl (C=O) groups excluding carboxylic acids is 1. The van der Waals surface area contributed by atoms with E-state index < -0.39 is 27.4 Å². The Kier molecular flexibility index (Phi) is 11.2. The highest BCUT2D eigenvalue weighted by Crippen LogP contribution is 2.10. The number of unbranched alkanes of at least 4 members (excludes halogenated alkanes) is 1. The highest BCUT2D eigenvalue weighted by Gasteiger charge is 2.30. The fraction of sp³-hybridized carbons (Fsp3) is 0.156. The van der Waals surface area contributed by atoms with Gasteiger partial charge in [0.1, 0.15) is 0 Å². The summed E-state index contributed by atoms with van der Waals surface area (Å²) in [4.78, 5) is 11.8. The number of hydrogen-bond acceptors (Lipinski definition) is 4. The van der Waals surface area contributed by atoms with Crippen molar-refractivity contribution in [1.29, 1.82) is 0 Å². The van der Waals surface area contributed by atoms with Crippen molar-refractivity contribution in [3.05, 3.63) is 133 Å². The molecule has 0 bridgehead atoms. The van der Waals surface area contributed by atoms with E-state index in [1.165, 1.54) is 20.7 Å². The van der Waals surface area contributed by atoms with E-state index in [9.17, 15) is 4.79 Å². The zero-order valence-electron chi connectivity index (χ0n) is 22.4. The smallest absolute Gasteiger partial charge is 0.363 e. The van der Waals surface area contributed by atoms with Crippen molar-refractivity contribution in [1.82, 2.24) is 0 Å². The van der Waals surface area contributed by atoms with Crippen LogP contribution in [-0.4, -0.2) is 39.9 Å². The van der Waals surface area contributed by atoms with Crippen molar-refractivity contribution in [2.24, 2.45) is 0 Å². The van der Waals surface area contributed by atoms with E-state index in [0.717, 1.165) is 18.9 Å². The average Bonchev–Trinajstić information content (AvgIpc) is 2.99. The van der Waals surface area contributed by atoms with Gasteiger partial charge in [-0.25, -0.2) is 4.79 Å². The molecule has 0 atom stereocenters. The molecule has 4 nitrogen and oxygen atoms in total. The third kappa shape index (κ3) is 8.84.